The van der Waals surface area contributed by atoms with Crippen molar-refractivity contribution in [2.75, 3.05) is 0 Å². The van der Waals surface area contributed by atoms with Crippen LogP contribution in [0.4, 0.5) is 0 Å². The van der Waals surface area contributed by atoms with Crippen molar-refractivity contribution < 1.29 is 0 Å². The highest BCUT2D eigenvalue weighted by atomic mass is 32.1. The second-order valence-electron chi connectivity index (χ2n) is 14.4. The molecule has 22 radical (unpaired) electrons. The van der Waals surface area contributed by atoms with E-state index in [0.29, 0.717) is 42.9 Å². The first-order valence-electron chi connectivity index (χ1n) is 18.6. The highest BCUT2D eigenvalue weighted by molar-refractivity contribution is 7.28. The Hall–Kier alpha value is -5.52. The number of benzene rings is 7. The van der Waals surface area contributed by atoms with Crippen LogP contribution in [0.25, 0.3) is 87.7 Å². The first-order chi connectivity index (χ1) is 28.8. The Morgan fingerprint density at radius 3 is 1.15 bits per heavy atom. The summed E-state index contributed by atoms with van der Waals surface area (Å²) in [6.07, 6.45) is 0. The van der Waals surface area contributed by atoms with Crippen LogP contribution in [0.5, 0.6) is 0 Å². The summed E-state index contributed by atoms with van der Waals surface area (Å²) in [6, 6.07) is 36.1. The van der Waals surface area contributed by atoms with E-state index in [1.165, 1.54) is 11.3 Å². The van der Waals surface area contributed by atoms with Crippen LogP contribution in [-0.4, -0.2) is 101 Å². The van der Waals surface area contributed by atoms with Crippen LogP contribution in [0.2, 0.25) is 0 Å². The second-order valence-corrected chi connectivity index (χ2v) is 15.4. The van der Waals surface area contributed by atoms with E-state index in [4.69, 9.17) is 101 Å². The number of thiophene rings is 1. The molecule has 0 aliphatic heterocycles. The number of hydrogen-bond donors (Lipinski definition) is 0. The van der Waals surface area contributed by atoms with Crippen LogP contribution < -0.4 is 60.1 Å². The summed E-state index contributed by atoms with van der Waals surface area (Å²) >= 11 is 1.23. The average molecular weight is 752 g/mol. The molecular weight excluding hydrogens is 734 g/mol. The largest absolute Gasteiger partial charge is 0.208 e. The van der Waals surface area contributed by atoms with E-state index < -0.39 is 0 Å². The maximum absolute atomic E-state index is 7.25. The molecule has 7 aromatic carbocycles. The van der Waals surface area contributed by atoms with Gasteiger partial charge >= 0.3 is 0 Å². The van der Waals surface area contributed by atoms with Crippen LogP contribution >= 0.6 is 11.3 Å². The van der Waals surface area contributed by atoms with Gasteiger partial charge in [0.05, 0.1) is 0 Å². The number of fused-ring (bicyclic) bond motifs is 3. The van der Waals surface area contributed by atoms with Crippen LogP contribution in [0.1, 0.15) is 0 Å². The van der Waals surface area contributed by atoms with Gasteiger partial charge in [-0.3, -0.25) is 0 Å². The van der Waals surface area contributed by atoms with Crippen LogP contribution in [-0.2, 0) is 0 Å². The van der Waals surface area contributed by atoms with Gasteiger partial charge < -0.3 is 0 Å². The normalized spacial score (nSPS) is 11.4. The molecule has 0 unspecified atom stereocenters. The molecule has 0 saturated heterocycles. The Morgan fingerprint density at radius 1 is 0.267 bits per heavy atom. The molecule has 0 atom stereocenters. The van der Waals surface area contributed by atoms with Gasteiger partial charge in [-0.05, 0) is 44.2 Å². The summed E-state index contributed by atoms with van der Waals surface area (Å²) in [4.78, 5) is 15.0. The third kappa shape index (κ3) is 6.48. The molecule has 252 valence electrons. The molecule has 2 aromatic heterocycles. The molecule has 2 heterocycles. The van der Waals surface area contributed by atoms with E-state index in [-0.39, 0.29) is 77.0 Å². The lowest BCUT2D eigenvalue weighted by Crippen LogP contribution is -2.55. The van der Waals surface area contributed by atoms with Gasteiger partial charge in [-0.2, -0.15) is 0 Å². The first kappa shape index (κ1) is 39.9. The minimum atomic E-state index is 0.0284. The molecule has 0 bridgehead atoms. The van der Waals surface area contributed by atoms with Crippen molar-refractivity contribution in [2.45, 2.75) is 0 Å². The highest BCUT2D eigenvalue weighted by Gasteiger charge is 2.27. The molecule has 60 heavy (non-hydrogen) atoms. The Kier molecular flexibility index (Phi) is 10.3. The molecule has 15 heteroatoms. The molecule has 0 saturated carbocycles. The van der Waals surface area contributed by atoms with Crippen molar-refractivity contribution in [3.63, 3.8) is 0 Å². The Balaban J connectivity index is 1.30. The Morgan fingerprint density at radius 2 is 0.633 bits per heavy atom. The predicted octanol–water partition coefficient (Wildman–Crippen LogP) is -1.03. The summed E-state index contributed by atoms with van der Waals surface area (Å²) in [5, 5.41) is 0.904. The van der Waals surface area contributed by atoms with Gasteiger partial charge in [0.15, 0.2) is 17.5 Å². The van der Waals surface area contributed by atoms with Crippen molar-refractivity contribution in [3.8, 4) is 67.5 Å². The fourth-order valence-corrected chi connectivity index (χ4v) is 8.98. The standard InChI is InChI=1S/C45H18B11N3S/c46-30-26(25-32(48)35(51)38(54)36(52)33(25)49)41-27(28-34(50)37(53)39(55)40(56)42(28)60-41)31(47)29(30)45-58-43(23-9-5-2-6-10-23)57-44(59-45)24-17-15-22(16-18-24)21-13-11-20(12-14-21)19-7-3-1-4-8-19/h1-18H. The SMILES string of the molecule is [B]c1c([B])c([B])c(-c2c([B])c(-c3nc(-c4ccccc4)nc(-c4ccc(-c5ccc(-c6ccccc6)cc5)cc4)n3)c([B])c3c2sc2c([B])c([B])c([B])c([B])c23)c([B])c1[B]. The number of nitrogens with zero attached hydrogens (tertiary/aromatic N) is 3. The fraction of sp³-hybridized carbons (Fsp3) is 0. The van der Waals surface area contributed by atoms with Crippen molar-refractivity contribution in [3.05, 3.63) is 109 Å². The van der Waals surface area contributed by atoms with Gasteiger partial charge in [-0.15, -0.1) is 38.7 Å². The van der Waals surface area contributed by atoms with Crippen molar-refractivity contribution in [1.29, 1.82) is 0 Å². The Bertz CT molecular complexity index is 3170. The average Bonchev–Trinajstić information content (AvgIpc) is 3.69. The number of rotatable bonds is 6. The van der Waals surface area contributed by atoms with Crippen molar-refractivity contribution in [2.24, 2.45) is 0 Å². The van der Waals surface area contributed by atoms with Crippen LogP contribution in [0.15, 0.2) is 109 Å². The number of aromatic nitrogens is 3. The summed E-state index contributed by atoms with van der Waals surface area (Å²) in [5.41, 5.74) is 7.72. The zero-order valence-electron chi connectivity index (χ0n) is 32.0. The Labute approximate surface area is 367 Å². The molecule has 0 N–H and O–H groups in total. The molecule has 0 spiro atoms. The highest BCUT2D eigenvalue weighted by Crippen LogP contribution is 2.38. The van der Waals surface area contributed by atoms with Gasteiger partial charge in [0, 0.05) is 26.1 Å². The smallest absolute Gasteiger partial charge is 0.164 e. The van der Waals surface area contributed by atoms with Gasteiger partial charge in [-0.25, -0.2) is 15.0 Å². The maximum atomic E-state index is 7.25. The lowest BCUT2D eigenvalue weighted by atomic mass is 9.58. The maximum Gasteiger partial charge on any atom is 0.164 e. The summed E-state index contributed by atoms with van der Waals surface area (Å²) in [6.45, 7) is 0. The van der Waals surface area contributed by atoms with Gasteiger partial charge in [0.25, 0.3) is 0 Å². The molecule has 0 fully saturated rings. The van der Waals surface area contributed by atoms with E-state index in [9.17, 15) is 0 Å². The van der Waals surface area contributed by atoms with E-state index in [1.807, 2.05) is 72.8 Å². The van der Waals surface area contributed by atoms with E-state index in [1.54, 1.807) is 0 Å². The first-order valence-corrected chi connectivity index (χ1v) is 19.5. The molecule has 0 aliphatic carbocycles. The zero-order chi connectivity index (χ0) is 42.1. The number of hydrogen-bond acceptors (Lipinski definition) is 4. The van der Waals surface area contributed by atoms with Gasteiger partial charge in [-0.1, -0.05) is 142 Å². The van der Waals surface area contributed by atoms with Crippen molar-refractivity contribution in [1.82, 2.24) is 15.0 Å². The van der Waals surface area contributed by atoms with Crippen molar-refractivity contribution >= 4 is 178 Å². The molecule has 0 aliphatic rings. The van der Waals surface area contributed by atoms with Gasteiger partial charge in [0.1, 0.15) is 86.3 Å². The molecule has 3 nitrogen and oxygen atoms in total. The third-order valence-corrected chi connectivity index (χ3v) is 12.1. The fourth-order valence-electron chi connectivity index (χ4n) is 7.61. The summed E-state index contributed by atoms with van der Waals surface area (Å²) in [5.74, 6) is 0.884. The molecule has 9 aromatic rings. The van der Waals surface area contributed by atoms with E-state index >= 15 is 0 Å². The third-order valence-electron chi connectivity index (χ3n) is 10.9. The minimum absolute atomic E-state index is 0.0284. The predicted molar refractivity (Wildman–Crippen MR) is 265 cm³/mol. The second kappa shape index (κ2) is 15.5. The molecular formula is C45H18B11N3S. The minimum Gasteiger partial charge on any atom is -0.208 e. The monoisotopic (exact) mass is 753 g/mol. The van der Waals surface area contributed by atoms with E-state index in [0.717, 1.165) is 27.8 Å². The summed E-state index contributed by atoms with van der Waals surface area (Å²) < 4.78 is 1.03. The zero-order valence-corrected chi connectivity index (χ0v) is 32.8. The van der Waals surface area contributed by atoms with E-state index in [2.05, 4.69) is 36.4 Å². The van der Waals surface area contributed by atoms with Crippen LogP contribution in [0.3, 0.4) is 0 Å². The lowest BCUT2D eigenvalue weighted by molar-refractivity contribution is 1.08. The molecule has 9 rings (SSSR count). The quantitative estimate of drug-likeness (QED) is 0.205. The summed E-state index contributed by atoms with van der Waals surface area (Å²) in [7, 11) is 73.0. The topological polar surface area (TPSA) is 38.7 Å². The molecule has 0 amide bonds. The van der Waals surface area contributed by atoms with Gasteiger partial charge in [0.2, 0.25) is 0 Å². The van der Waals surface area contributed by atoms with Crippen LogP contribution in [0, 0.1) is 0 Å². The lowest BCUT2D eigenvalue weighted by Gasteiger charge is -2.25.